The smallest absolute Gasteiger partial charge is 0.0829 e. The first-order valence-corrected chi connectivity index (χ1v) is 7.03. The Hall–Kier alpha value is -1.68. The molecule has 19 heavy (non-hydrogen) atoms. The largest absolute Gasteiger partial charge is 0.309 e. The highest BCUT2D eigenvalue weighted by Crippen LogP contribution is 2.38. The van der Waals surface area contributed by atoms with Crippen LogP contribution in [0.1, 0.15) is 50.0 Å². The molecule has 0 aliphatic heterocycles. The molecular weight excluding hydrogens is 236 g/mol. The topological polar surface area (TPSA) is 42.7 Å². The first kappa shape index (κ1) is 12.4. The number of nitrogens with one attached hydrogen (secondary N) is 1. The third-order valence-corrected chi connectivity index (χ3v) is 3.59. The zero-order valence-electron chi connectivity index (χ0n) is 11.5. The number of hydrogen-bond donors (Lipinski definition) is 1. The van der Waals surface area contributed by atoms with Crippen molar-refractivity contribution in [2.75, 3.05) is 6.54 Å². The maximum absolute atomic E-state index is 4.61. The van der Waals surface area contributed by atoms with Gasteiger partial charge in [-0.05, 0) is 44.5 Å². The fraction of sp³-hybridized carbons (Fsp3) is 0.467. The van der Waals surface area contributed by atoms with Crippen molar-refractivity contribution in [1.82, 2.24) is 20.1 Å². The Morgan fingerprint density at radius 3 is 2.84 bits per heavy atom. The molecule has 0 radical (unpaired) electrons. The summed E-state index contributed by atoms with van der Waals surface area (Å²) in [5.41, 5.74) is 3.31. The van der Waals surface area contributed by atoms with Gasteiger partial charge in [-0.2, -0.15) is 5.10 Å². The van der Waals surface area contributed by atoms with Gasteiger partial charge in [-0.3, -0.25) is 4.98 Å². The molecule has 0 aromatic carbocycles. The van der Waals surface area contributed by atoms with E-state index in [-0.39, 0.29) is 0 Å². The predicted molar refractivity (Wildman–Crippen MR) is 75.4 cm³/mol. The molecule has 2 aromatic heterocycles. The molecule has 0 amide bonds. The summed E-state index contributed by atoms with van der Waals surface area (Å²) in [5, 5.41) is 7.98. The monoisotopic (exact) mass is 256 g/mol. The highest BCUT2D eigenvalue weighted by molar-refractivity contribution is 5.30. The average molecular weight is 256 g/mol. The lowest BCUT2D eigenvalue weighted by Crippen LogP contribution is -2.18. The third kappa shape index (κ3) is 2.68. The zero-order chi connectivity index (χ0) is 13.2. The van der Waals surface area contributed by atoms with Crippen molar-refractivity contribution < 1.29 is 0 Å². The van der Waals surface area contributed by atoms with E-state index in [4.69, 9.17) is 0 Å². The Labute approximate surface area is 113 Å². The van der Waals surface area contributed by atoms with E-state index in [0.29, 0.717) is 12.0 Å². The molecule has 1 saturated carbocycles. The Morgan fingerprint density at radius 2 is 2.21 bits per heavy atom. The van der Waals surface area contributed by atoms with Crippen LogP contribution < -0.4 is 5.32 Å². The molecular formula is C15H20N4. The summed E-state index contributed by atoms with van der Waals surface area (Å²) in [7, 11) is 0. The first-order chi connectivity index (χ1) is 9.28. The molecule has 2 aromatic rings. The van der Waals surface area contributed by atoms with E-state index in [1.54, 1.807) is 0 Å². The summed E-state index contributed by atoms with van der Waals surface area (Å²) in [5.74, 6) is 0.697. The summed E-state index contributed by atoms with van der Waals surface area (Å²) < 4.78 is 1.92. The molecule has 0 saturated heterocycles. The summed E-state index contributed by atoms with van der Waals surface area (Å²) in [4.78, 5) is 4.52. The van der Waals surface area contributed by atoms with Gasteiger partial charge in [0.25, 0.3) is 0 Å². The molecule has 1 N–H and O–H groups in total. The second-order valence-electron chi connectivity index (χ2n) is 5.18. The molecule has 4 heteroatoms. The van der Waals surface area contributed by atoms with Crippen LogP contribution in [0.5, 0.6) is 0 Å². The second-order valence-corrected chi connectivity index (χ2v) is 5.18. The van der Waals surface area contributed by atoms with Crippen LogP contribution in [0.4, 0.5) is 0 Å². The Kier molecular flexibility index (Phi) is 3.34. The maximum atomic E-state index is 4.61. The van der Waals surface area contributed by atoms with Crippen molar-refractivity contribution in [3.05, 3.63) is 42.0 Å². The Balaban J connectivity index is 1.77. The molecule has 4 nitrogen and oxygen atoms in total. The van der Waals surface area contributed by atoms with Gasteiger partial charge in [0.05, 0.1) is 23.3 Å². The van der Waals surface area contributed by atoms with E-state index in [1.807, 2.05) is 17.1 Å². The number of pyridine rings is 1. The van der Waals surface area contributed by atoms with Crippen molar-refractivity contribution in [1.29, 1.82) is 0 Å². The van der Waals surface area contributed by atoms with E-state index < -0.39 is 0 Å². The van der Waals surface area contributed by atoms with Gasteiger partial charge in [0.1, 0.15) is 0 Å². The van der Waals surface area contributed by atoms with Crippen LogP contribution in [0.15, 0.2) is 30.6 Å². The van der Waals surface area contributed by atoms with Crippen LogP contribution in [0, 0.1) is 0 Å². The van der Waals surface area contributed by atoms with E-state index in [9.17, 15) is 0 Å². The minimum atomic E-state index is 0.290. The molecule has 1 aliphatic rings. The Morgan fingerprint density at radius 1 is 1.37 bits per heavy atom. The van der Waals surface area contributed by atoms with Crippen LogP contribution in [-0.4, -0.2) is 21.3 Å². The van der Waals surface area contributed by atoms with Gasteiger partial charge in [-0.25, -0.2) is 4.68 Å². The van der Waals surface area contributed by atoms with E-state index in [2.05, 4.69) is 47.4 Å². The lowest BCUT2D eigenvalue weighted by atomic mass is 10.2. The van der Waals surface area contributed by atoms with Crippen LogP contribution >= 0.6 is 0 Å². The lowest BCUT2D eigenvalue weighted by Gasteiger charge is -2.11. The summed E-state index contributed by atoms with van der Waals surface area (Å²) in [6, 6.07) is 6.56. The molecule has 1 atom stereocenters. The van der Waals surface area contributed by atoms with Crippen LogP contribution in [0.2, 0.25) is 0 Å². The van der Waals surface area contributed by atoms with Crippen LogP contribution in [0.3, 0.4) is 0 Å². The van der Waals surface area contributed by atoms with Crippen molar-refractivity contribution in [2.24, 2.45) is 0 Å². The quantitative estimate of drug-likeness (QED) is 0.894. The van der Waals surface area contributed by atoms with Crippen LogP contribution in [0.25, 0.3) is 5.69 Å². The number of hydrogen-bond acceptors (Lipinski definition) is 3. The van der Waals surface area contributed by atoms with Crippen molar-refractivity contribution in [2.45, 2.75) is 38.6 Å². The van der Waals surface area contributed by atoms with Crippen molar-refractivity contribution in [3.63, 3.8) is 0 Å². The van der Waals surface area contributed by atoms with Gasteiger partial charge >= 0.3 is 0 Å². The summed E-state index contributed by atoms with van der Waals surface area (Å²) in [6.45, 7) is 5.19. The SMILES string of the molecule is CCNC(C)c1ccc(-n2ccc(C3CC3)n2)cn1. The van der Waals surface area contributed by atoms with E-state index in [0.717, 1.165) is 17.9 Å². The fourth-order valence-electron chi connectivity index (χ4n) is 2.28. The van der Waals surface area contributed by atoms with Gasteiger partial charge in [0, 0.05) is 18.2 Å². The highest BCUT2D eigenvalue weighted by atomic mass is 15.3. The normalized spacial score (nSPS) is 16.5. The number of rotatable bonds is 5. The van der Waals surface area contributed by atoms with E-state index in [1.165, 1.54) is 18.5 Å². The van der Waals surface area contributed by atoms with Crippen molar-refractivity contribution >= 4 is 0 Å². The van der Waals surface area contributed by atoms with Crippen molar-refractivity contribution in [3.8, 4) is 5.69 Å². The highest BCUT2D eigenvalue weighted by Gasteiger charge is 2.25. The zero-order valence-corrected chi connectivity index (χ0v) is 11.5. The van der Waals surface area contributed by atoms with Crippen LogP contribution in [-0.2, 0) is 0 Å². The number of aromatic nitrogens is 3. The molecule has 1 aliphatic carbocycles. The van der Waals surface area contributed by atoms with Gasteiger partial charge in [0.15, 0.2) is 0 Å². The minimum absolute atomic E-state index is 0.290. The van der Waals surface area contributed by atoms with E-state index >= 15 is 0 Å². The molecule has 0 bridgehead atoms. The minimum Gasteiger partial charge on any atom is -0.309 e. The first-order valence-electron chi connectivity index (χ1n) is 7.03. The van der Waals surface area contributed by atoms with Gasteiger partial charge in [-0.1, -0.05) is 6.92 Å². The molecule has 1 fully saturated rings. The third-order valence-electron chi connectivity index (χ3n) is 3.59. The summed E-state index contributed by atoms with van der Waals surface area (Å²) >= 11 is 0. The van der Waals surface area contributed by atoms with Gasteiger partial charge < -0.3 is 5.32 Å². The number of nitrogens with zero attached hydrogens (tertiary/aromatic N) is 3. The maximum Gasteiger partial charge on any atom is 0.0829 e. The Bertz CT molecular complexity index is 540. The van der Waals surface area contributed by atoms with Gasteiger partial charge in [0.2, 0.25) is 0 Å². The molecule has 100 valence electrons. The fourth-order valence-corrected chi connectivity index (χ4v) is 2.28. The standard InChI is InChI=1S/C15H20N4/c1-3-16-11(2)14-7-6-13(10-17-14)19-9-8-15(18-19)12-4-5-12/h6-12,16H,3-5H2,1-2H3. The predicted octanol–water partition coefficient (Wildman–Crippen LogP) is 2.82. The lowest BCUT2D eigenvalue weighted by molar-refractivity contribution is 0.583. The second kappa shape index (κ2) is 5.13. The summed E-state index contributed by atoms with van der Waals surface area (Å²) in [6.07, 6.45) is 6.49. The molecule has 2 heterocycles. The molecule has 0 spiro atoms. The average Bonchev–Trinajstić information content (AvgIpc) is 3.17. The molecule has 3 rings (SSSR count). The van der Waals surface area contributed by atoms with Gasteiger partial charge in [-0.15, -0.1) is 0 Å². The molecule has 1 unspecified atom stereocenters.